The molecule has 0 saturated heterocycles. The second kappa shape index (κ2) is 7.41. The summed E-state index contributed by atoms with van der Waals surface area (Å²) in [5.41, 5.74) is 1.51. The number of urea groups is 1. The van der Waals surface area contributed by atoms with E-state index in [9.17, 15) is 9.59 Å². The zero-order valence-electron chi connectivity index (χ0n) is 11.6. The molecule has 1 aromatic carbocycles. The van der Waals surface area contributed by atoms with Crippen LogP contribution in [-0.4, -0.2) is 44.1 Å². The minimum atomic E-state index is -0.350. The fraction of sp³-hybridized carbons (Fsp3) is 0.429. The minimum Gasteiger partial charge on any atom is -0.465 e. The molecular formula is C14H20N2O3. The van der Waals surface area contributed by atoms with Gasteiger partial charge in [-0.05, 0) is 31.0 Å². The fourth-order valence-corrected chi connectivity index (χ4v) is 1.56. The molecule has 2 amide bonds. The lowest BCUT2D eigenvalue weighted by Gasteiger charge is -2.15. The van der Waals surface area contributed by atoms with E-state index in [0.717, 1.165) is 5.56 Å². The maximum Gasteiger partial charge on any atom is 0.337 e. The maximum atomic E-state index is 11.5. The van der Waals surface area contributed by atoms with Gasteiger partial charge in [0.25, 0.3) is 0 Å². The standard InChI is InChI=1S/C14H20N2O3/c1-4-16(2)14(18)15-9-8-11-6-5-7-12(10-11)13(17)19-3/h5-7,10H,4,8-9H2,1-3H3,(H,15,18). The summed E-state index contributed by atoms with van der Waals surface area (Å²) in [6, 6.07) is 7.12. The van der Waals surface area contributed by atoms with Crippen LogP contribution in [0.2, 0.25) is 0 Å². The Morgan fingerprint density at radius 1 is 1.37 bits per heavy atom. The predicted molar refractivity (Wildman–Crippen MR) is 73.2 cm³/mol. The first-order valence-electron chi connectivity index (χ1n) is 6.24. The highest BCUT2D eigenvalue weighted by molar-refractivity contribution is 5.89. The molecule has 19 heavy (non-hydrogen) atoms. The summed E-state index contributed by atoms with van der Waals surface area (Å²) in [5, 5.41) is 2.82. The molecule has 5 nitrogen and oxygen atoms in total. The number of amides is 2. The summed E-state index contributed by atoms with van der Waals surface area (Å²) in [6.45, 7) is 3.12. The van der Waals surface area contributed by atoms with E-state index in [4.69, 9.17) is 0 Å². The highest BCUT2D eigenvalue weighted by Gasteiger charge is 2.07. The van der Waals surface area contributed by atoms with Crippen LogP contribution in [0.3, 0.4) is 0 Å². The molecule has 0 aromatic heterocycles. The van der Waals surface area contributed by atoms with Crippen molar-refractivity contribution < 1.29 is 14.3 Å². The molecule has 0 saturated carbocycles. The van der Waals surface area contributed by atoms with Crippen molar-refractivity contribution >= 4 is 12.0 Å². The minimum absolute atomic E-state index is 0.0911. The molecule has 1 N–H and O–H groups in total. The molecule has 5 heteroatoms. The van der Waals surface area contributed by atoms with Gasteiger partial charge in [-0.25, -0.2) is 9.59 Å². The van der Waals surface area contributed by atoms with E-state index in [1.165, 1.54) is 7.11 Å². The van der Waals surface area contributed by atoms with E-state index in [1.54, 1.807) is 24.1 Å². The quantitative estimate of drug-likeness (QED) is 0.823. The Bertz CT molecular complexity index is 446. The van der Waals surface area contributed by atoms with Crippen LogP contribution in [0.15, 0.2) is 24.3 Å². The first-order valence-corrected chi connectivity index (χ1v) is 6.24. The topological polar surface area (TPSA) is 58.6 Å². The molecule has 0 aliphatic rings. The van der Waals surface area contributed by atoms with Gasteiger partial charge in [-0.3, -0.25) is 0 Å². The van der Waals surface area contributed by atoms with Crippen LogP contribution in [-0.2, 0) is 11.2 Å². The maximum absolute atomic E-state index is 11.5. The number of carbonyl (C=O) groups excluding carboxylic acids is 2. The summed E-state index contributed by atoms with van der Waals surface area (Å²) in [4.78, 5) is 24.5. The van der Waals surface area contributed by atoms with Gasteiger partial charge in [0.2, 0.25) is 0 Å². The number of carbonyl (C=O) groups is 2. The number of ether oxygens (including phenoxy) is 1. The summed E-state index contributed by atoms with van der Waals surface area (Å²) >= 11 is 0. The van der Waals surface area contributed by atoms with Crippen molar-refractivity contribution in [2.24, 2.45) is 0 Å². The van der Waals surface area contributed by atoms with Gasteiger partial charge in [-0.2, -0.15) is 0 Å². The number of benzene rings is 1. The summed E-state index contributed by atoms with van der Waals surface area (Å²) in [5.74, 6) is -0.350. The third-order valence-electron chi connectivity index (χ3n) is 2.86. The van der Waals surface area contributed by atoms with E-state index in [1.807, 2.05) is 19.1 Å². The first-order chi connectivity index (χ1) is 9.08. The molecule has 0 bridgehead atoms. The monoisotopic (exact) mass is 264 g/mol. The van der Waals surface area contributed by atoms with Crippen molar-refractivity contribution in [3.05, 3.63) is 35.4 Å². The summed E-state index contributed by atoms with van der Waals surface area (Å²) in [7, 11) is 3.10. The van der Waals surface area contributed by atoms with Crippen molar-refractivity contribution in [3.8, 4) is 0 Å². The van der Waals surface area contributed by atoms with E-state index in [-0.39, 0.29) is 12.0 Å². The highest BCUT2D eigenvalue weighted by atomic mass is 16.5. The zero-order valence-corrected chi connectivity index (χ0v) is 11.6. The van der Waals surface area contributed by atoms with Gasteiger partial charge in [0.1, 0.15) is 0 Å². The Balaban J connectivity index is 2.50. The average Bonchev–Trinajstić information content (AvgIpc) is 2.45. The second-order valence-electron chi connectivity index (χ2n) is 4.19. The first kappa shape index (κ1) is 15.0. The van der Waals surface area contributed by atoms with Crippen LogP contribution < -0.4 is 5.32 Å². The smallest absolute Gasteiger partial charge is 0.337 e. The van der Waals surface area contributed by atoms with E-state index >= 15 is 0 Å². The van der Waals surface area contributed by atoms with Gasteiger partial charge in [0.15, 0.2) is 0 Å². The Kier molecular flexibility index (Phi) is 5.85. The van der Waals surface area contributed by atoms with Crippen molar-refractivity contribution in [1.29, 1.82) is 0 Å². The number of nitrogens with zero attached hydrogens (tertiary/aromatic N) is 1. The summed E-state index contributed by atoms with van der Waals surface area (Å²) in [6.07, 6.45) is 0.675. The Hall–Kier alpha value is -2.04. The average molecular weight is 264 g/mol. The van der Waals surface area contributed by atoms with Gasteiger partial charge < -0.3 is 15.0 Å². The number of nitrogens with one attached hydrogen (secondary N) is 1. The molecule has 1 rings (SSSR count). The Labute approximate surface area is 113 Å². The fourth-order valence-electron chi connectivity index (χ4n) is 1.56. The van der Waals surface area contributed by atoms with E-state index in [2.05, 4.69) is 10.1 Å². The van der Waals surface area contributed by atoms with Crippen LogP contribution in [0.5, 0.6) is 0 Å². The summed E-state index contributed by atoms with van der Waals surface area (Å²) < 4.78 is 4.66. The number of hydrogen-bond donors (Lipinski definition) is 1. The second-order valence-corrected chi connectivity index (χ2v) is 4.19. The van der Waals surface area contributed by atoms with Crippen molar-refractivity contribution in [2.45, 2.75) is 13.3 Å². The van der Waals surface area contributed by atoms with E-state index in [0.29, 0.717) is 25.1 Å². The molecule has 0 fully saturated rings. The van der Waals surface area contributed by atoms with Crippen molar-refractivity contribution in [3.63, 3.8) is 0 Å². The number of methoxy groups -OCH3 is 1. The molecule has 0 radical (unpaired) electrons. The molecule has 1 aromatic rings. The number of esters is 1. The zero-order chi connectivity index (χ0) is 14.3. The SMILES string of the molecule is CCN(C)C(=O)NCCc1cccc(C(=O)OC)c1. The van der Waals surface area contributed by atoms with Gasteiger partial charge in [-0.1, -0.05) is 12.1 Å². The number of rotatable bonds is 5. The molecule has 0 spiro atoms. The highest BCUT2D eigenvalue weighted by Crippen LogP contribution is 2.07. The number of hydrogen-bond acceptors (Lipinski definition) is 3. The van der Waals surface area contributed by atoms with Gasteiger partial charge in [-0.15, -0.1) is 0 Å². The molecule has 0 atom stereocenters. The van der Waals surface area contributed by atoms with Crippen LogP contribution in [0.25, 0.3) is 0 Å². The normalized spacial score (nSPS) is 9.84. The van der Waals surface area contributed by atoms with Crippen LogP contribution in [0, 0.1) is 0 Å². The van der Waals surface area contributed by atoms with Crippen LogP contribution in [0.1, 0.15) is 22.8 Å². The van der Waals surface area contributed by atoms with Gasteiger partial charge >= 0.3 is 12.0 Å². The lowest BCUT2D eigenvalue weighted by Crippen LogP contribution is -2.37. The van der Waals surface area contributed by atoms with Crippen molar-refractivity contribution in [2.75, 3.05) is 27.2 Å². The van der Waals surface area contributed by atoms with Crippen LogP contribution in [0.4, 0.5) is 4.79 Å². The van der Waals surface area contributed by atoms with E-state index < -0.39 is 0 Å². The Morgan fingerprint density at radius 3 is 2.74 bits per heavy atom. The molecule has 0 aliphatic heterocycles. The third kappa shape index (κ3) is 4.62. The van der Waals surface area contributed by atoms with Gasteiger partial charge in [0, 0.05) is 20.1 Å². The molecule has 104 valence electrons. The largest absolute Gasteiger partial charge is 0.465 e. The third-order valence-corrected chi connectivity index (χ3v) is 2.86. The van der Waals surface area contributed by atoms with Crippen molar-refractivity contribution in [1.82, 2.24) is 10.2 Å². The van der Waals surface area contributed by atoms with Gasteiger partial charge in [0.05, 0.1) is 12.7 Å². The molecule has 0 aliphatic carbocycles. The lowest BCUT2D eigenvalue weighted by molar-refractivity contribution is 0.0600. The Morgan fingerprint density at radius 2 is 2.11 bits per heavy atom. The molecular weight excluding hydrogens is 244 g/mol. The predicted octanol–water partition coefficient (Wildman–Crippen LogP) is 1.68. The molecule has 0 unspecified atom stereocenters. The lowest BCUT2D eigenvalue weighted by atomic mass is 10.1. The van der Waals surface area contributed by atoms with Crippen LogP contribution >= 0.6 is 0 Å². The molecule has 0 heterocycles.